The Morgan fingerprint density at radius 3 is 2.88 bits per heavy atom. The van der Waals surface area contributed by atoms with E-state index >= 15 is 0 Å². The van der Waals surface area contributed by atoms with Gasteiger partial charge in [0.1, 0.15) is 0 Å². The molecule has 4 rings (SSSR count). The summed E-state index contributed by atoms with van der Waals surface area (Å²) in [5.74, 6) is 0.879. The molecule has 2 N–H and O–H groups in total. The van der Waals surface area contributed by atoms with Crippen LogP contribution < -0.4 is 10.6 Å². The van der Waals surface area contributed by atoms with Crippen LogP contribution in [-0.4, -0.2) is 73.5 Å². The van der Waals surface area contributed by atoms with Crippen LogP contribution in [0.1, 0.15) is 44.9 Å². The molecule has 2 amide bonds. The first-order chi connectivity index (χ1) is 12.2. The summed E-state index contributed by atoms with van der Waals surface area (Å²) in [6.07, 6.45) is 8.05. The monoisotopic (exact) mass is 348 g/mol. The molecule has 140 valence electrons. The van der Waals surface area contributed by atoms with Crippen LogP contribution in [0.5, 0.6) is 0 Å². The number of fused-ring (bicyclic) bond motifs is 1. The summed E-state index contributed by atoms with van der Waals surface area (Å²) < 4.78 is 0. The average Bonchev–Trinajstić information content (AvgIpc) is 3.31. The van der Waals surface area contributed by atoms with Crippen molar-refractivity contribution in [2.24, 2.45) is 11.3 Å². The molecule has 6 nitrogen and oxygen atoms in total. The fraction of sp³-hybridized carbons (Fsp3) is 0.895. The number of rotatable bonds is 5. The molecule has 1 aliphatic carbocycles. The highest BCUT2D eigenvalue weighted by Crippen LogP contribution is 2.42. The van der Waals surface area contributed by atoms with Crippen molar-refractivity contribution in [3.05, 3.63) is 0 Å². The van der Waals surface area contributed by atoms with Crippen molar-refractivity contribution in [1.29, 1.82) is 0 Å². The zero-order valence-corrected chi connectivity index (χ0v) is 15.3. The number of piperidine rings is 1. The first kappa shape index (κ1) is 17.3. The molecule has 1 saturated carbocycles. The molecule has 0 unspecified atom stereocenters. The summed E-state index contributed by atoms with van der Waals surface area (Å²) in [6.45, 7) is 5.82. The summed E-state index contributed by atoms with van der Waals surface area (Å²) in [5.41, 5.74) is -0.255. The van der Waals surface area contributed by atoms with Gasteiger partial charge in [0.05, 0.1) is 5.41 Å². The van der Waals surface area contributed by atoms with Gasteiger partial charge < -0.3 is 15.5 Å². The maximum atomic E-state index is 13.1. The summed E-state index contributed by atoms with van der Waals surface area (Å²) in [4.78, 5) is 29.4. The van der Waals surface area contributed by atoms with Gasteiger partial charge in [0.25, 0.3) is 0 Å². The molecule has 4 aliphatic rings. The van der Waals surface area contributed by atoms with Crippen molar-refractivity contribution in [3.8, 4) is 0 Å². The minimum absolute atomic E-state index is 0.201. The molecule has 3 aliphatic heterocycles. The number of hydrogen-bond donors (Lipinski definition) is 2. The number of nitrogens with zero attached hydrogens (tertiary/aromatic N) is 2. The van der Waals surface area contributed by atoms with Gasteiger partial charge in [-0.1, -0.05) is 12.8 Å². The van der Waals surface area contributed by atoms with Gasteiger partial charge in [0.2, 0.25) is 11.8 Å². The van der Waals surface area contributed by atoms with Crippen LogP contribution in [-0.2, 0) is 9.59 Å². The number of carbonyl (C=O) groups excluding carboxylic acids is 2. The predicted molar refractivity (Wildman–Crippen MR) is 96.1 cm³/mol. The minimum Gasteiger partial charge on any atom is -0.354 e. The number of amides is 2. The number of carbonyl (C=O) groups is 2. The van der Waals surface area contributed by atoms with E-state index in [2.05, 4.69) is 15.5 Å². The van der Waals surface area contributed by atoms with Crippen LogP contribution in [0, 0.1) is 11.3 Å². The Morgan fingerprint density at radius 2 is 2.08 bits per heavy atom. The summed E-state index contributed by atoms with van der Waals surface area (Å²) >= 11 is 0. The minimum atomic E-state index is -0.255. The second-order valence-electron chi connectivity index (χ2n) is 8.45. The quantitative estimate of drug-likeness (QED) is 0.763. The molecule has 25 heavy (non-hydrogen) atoms. The molecule has 6 heteroatoms. The lowest BCUT2D eigenvalue weighted by Gasteiger charge is -2.30. The van der Waals surface area contributed by atoms with Crippen molar-refractivity contribution in [2.45, 2.75) is 51.0 Å². The van der Waals surface area contributed by atoms with E-state index in [0.717, 1.165) is 45.6 Å². The topological polar surface area (TPSA) is 64.7 Å². The molecule has 0 aromatic carbocycles. The molecule has 2 atom stereocenters. The van der Waals surface area contributed by atoms with E-state index in [1.165, 1.54) is 25.7 Å². The van der Waals surface area contributed by atoms with Crippen LogP contribution in [0.4, 0.5) is 0 Å². The molecule has 0 aromatic rings. The van der Waals surface area contributed by atoms with Crippen LogP contribution in [0.15, 0.2) is 0 Å². The summed E-state index contributed by atoms with van der Waals surface area (Å²) in [6, 6.07) is 0.696. The number of hydrogen-bond acceptors (Lipinski definition) is 4. The highest BCUT2D eigenvalue weighted by Gasteiger charge is 2.55. The highest BCUT2D eigenvalue weighted by molar-refractivity contribution is 5.84. The Morgan fingerprint density at radius 1 is 1.24 bits per heavy atom. The van der Waals surface area contributed by atoms with Crippen molar-refractivity contribution >= 4 is 11.8 Å². The molecule has 3 saturated heterocycles. The normalized spacial score (nSPS) is 33.8. The third kappa shape index (κ3) is 3.31. The van der Waals surface area contributed by atoms with Gasteiger partial charge in [-0.05, 0) is 25.7 Å². The Labute approximate surface area is 150 Å². The summed E-state index contributed by atoms with van der Waals surface area (Å²) in [7, 11) is 0. The largest absolute Gasteiger partial charge is 0.354 e. The van der Waals surface area contributed by atoms with Gasteiger partial charge in [0, 0.05) is 64.2 Å². The smallest absolute Gasteiger partial charge is 0.229 e. The van der Waals surface area contributed by atoms with Crippen LogP contribution in [0.2, 0.25) is 0 Å². The molecule has 0 radical (unpaired) electrons. The molecule has 0 bridgehead atoms. The third-order valence-electron chi connectivity index (χ3n) is 6.93. The zero-order chi connectivity index (χ0) is 17.3. The lowest BCUT2D eigenvalue weighted by Crippen LogP contribution is -2.50. The lowest BCUT2D eigenvalue weighted by atomic mass is 9.80. The Hall–Kier alpha value is -1.14. The molecular formula is C19H32N4O2. The standard InChI is InChI=1S/C19H32N4O2/c24-17-7-3-4-9-22(17)10-8-21-18(25)19-13-20-11-15(19)12-23(14-19)16-5-1-2-6-16/h15-16,20H,1-14H2,(H,21,25)/t15-,19-/m0/s1. The van der Waals surface area contributed by atoms with Gasteiger partial charge in [-0.2, -0.15) is 0 Å². The second kappa shape index (κ2) is 7.23. The zero-order valence-electron chi connectivity index (χ0n) is 15.3. The SMILES string of the molecule is O=C1CCCCN1CCNC(=O)[C@]12CNC[C@H]1CN(C1CCCC1)C2. The van der Waals surface area contributed by atoms with Crippen LogP contribution in [0.3, 0.4) is 0 Å². The van der Waals surface area contributed by atoms with E-state index in [9.17, 15) is 9.59 Å². The molecule has 3 heterocycles. The van der Waals surface area contributed by atoms with Crippen LogP contribution in [0.25, 0.3) is 0 Å². The van der Waals surface area contributed by atoms with E-state index in [1.54, 1.807) is 0 Å². The second-order valence-corrected chi connectivity index (χ2v) is 8.45. The van der Waals surface area contributed by atoms with E-state index in [0.29, 0.717) is 31.5 Å². The molecule has 0 aromatic heterocycles. The van der Waals surface area contributed by atoms with Gasteiger partial charge in [-0.15, -0.1) is 0 Å². The van der Waals surface area contributed by atoms with Crippen molar-refractivity contribution in [2.75, 3.05) is 45.8 Å². The average molecular weight is 348 g/mol. The fourth-order valence-corrected chi connectivity index (χ4v) is 5.41. The summed E-state index contributed by atoms with van der Waals surface area (Å²) in [5, 5.41) is 6.62. The maximum absolute atomic E-state index is 13.1. The van der Waals surface area contributed by atoms with Gasteiger partial charge in [0.15, 0.2) is 0 Å². The molecule has 0 spiro atoms. The van der Waals surface area contributed by atoms with E-state index in [4.69, 9.17) is 0 Å². The third-order valence-corrected chi connectivity index (χ3v) is 6.93. The van der Waals surface area contributed by atoms with Crippen molar-refractivity contribution < 1.29 is 9.59 Å². The van der Waals surface area contributed by atoms with Gasteiger partial charge in [-0.3, -0.25) is 14.5 Å². The number of likely N-dealkylation sites (tertiary alicyclic amines) is 2. The van der Waals surface area contributed by atoms with E-state index in [1.807, 2.05) is 4.90 Å². The number of nitrogens with one attached hydrogen (secondary N) is 2. The predicted octanol–water partition coefficient (Wildman–Crippen LogP) is 0.579. The highest BCUT2D eigenvalue weighted by atomic mass is 16.2. The maximum Gasteiger partial charge on any atom is 0.229 e. The first-order valence-electron chi connectivity index (χ1n) is 10.2. The molecule has 4 fully saturated rings. The van der Waals surface area contributed by atoms with Crippen molar-refractivity contribution in [1.82, 2.24) is 20.4 Å². The van der Waals surface area contributed by atoms with Gasteiger partial charge in [-0.25, -0.2) is 0 Å². The fourth-order valence-electron chi connectivity index (χ4n) is 5.41. The van der Waals surface area contributed by atoms with Crippen LogP contribution >= 0.6 is 0 Å². The van der Waals surface area contributed by atoms with Crippen molar-refractivity contribution in [3.63, 3.8) is 0 Å². The lowest BCUT2D eigenvalue weighted by molar-refractivity contribution is -0.135. The van der Waals surface area contributed by atoms with E-state index in [-0.39, 0.29) is 17.2 Å². The first-order valence-corrected chi connectivity index (χ1v) is 10.2. The Balaban J connectivity index is 1.32. The van der Waals surface area contributed by atoms with E-state index < -0.39 is 0 Å². The molecular weight excluding hydrogens is 316 g/mol. The Kier molecular flexibility index (Phi) is 5.00. The Bertz CT molecular complexity index is 520. The van der Waals surface area contributed by atoms with Gasteiger partial charge >= 0.3 is 0 Å².